The molecule has 12 heteroatoms. The number of carbonyl (C=O) groups is 2. The van der Waals surface area contributed by atoms with Gasteiger partial charge in [0.2, 0.25) is 21.8 Å². The summed E-state index contributed by atoms with van der Waals surface area (Å²) in [5.74, 6) is -0.894. The second-order valence-electron chi connectivity index (χ2n) is 8.80. The number of amides is 2. The van der Waals surface area contributed by atoms with Gasteiger partial charge in [0, 0.05) is 17.6 Å². The first-order valence-electron chi connectivity index (χ1n) is 11.3. The van der Waals surface area contributed by atoms with Gasteiger partial charge in [0.25, 0.3) is 0 Å². The smallest absolute Gasteiger partial charge is 0.244 e. The lowest BCUT2D eigenvalue weighted by Crippen LogP contribution is -2.52. The van der Waals surface area contributed by atoms with Crippen LogP contribution in [-0.2, 0) is 26.2 Å². The first-order chi connectivity index (χ1) is 16.9. The number of nitrogens with zero attached hydrogens (tertiary/aromatic N) is 2. The lowest BCUT2D eigenvalue weighted by molar-refractivity contribution is -0.139. The Balaban J connectivity index is 1.92. The van der Waals surface area contributed by atoms with Gasteiger partial charge in [-0.25, -0.2) is 8.42 Å². The van der Waals surface area contributed by atoms with Crippen molar-refractivity contribution in [3.05, 3.63) is 62.1 Å². The van der Waals surface area contributed by atoms with Crippen LogP contribution < -0.4 is 9.62 Å². The molecule has 1 aliphatic rings. The highest BCUT2D eigenvalue weighted by Crippen LogP contribution is 2.35. The normalized spacial score (nSPS) is 14.9. The monoisotopic (exact) mass is 593 g/mol. The second kappa shape index (κ2) is 12.2. The molecule has 0 spiro atoms. The highest BCUT2D eigenvalue weighted by molar-refractivity contribution is 7.92. The molecule has 7 nitrogen and oxygen atoms in total. The molecule has 0 saturated heterocycles. The number of benzene rings is 2. The highest BCUT2D eigenvalue weighted by atomic mass is 35.5. The van der Waals surface area contributed by atoms with Gasteiger partial charge < -0.3 is 10.2 Å². The molecule has 2 aromatic rings. The second-order valence-corrected chi connectivity index (χ2v) is 12.4. The van der Waals surface area contributed by atoms with Gasteiger partial charge >= 0.3 is 0 Å². The Hall–Kier alpha value is -1.71. The fourth-order valence-electron chi connectivity index (χ4n) is 4.06. The number of nitrogens with one attached hydrogen (secondary N) is 1. The van der Waals surface area contributed by atoms with Crippen molar-refractivity contribution < 1.29 is 18.0 Å². The minimum absolute atomic E-state index is 0.0106. The van der Waals surface area contributed by atoms with Gasteiger partial charge in [-0.2, -0.15) is 0 Å². The standard InChI is InChI=1S/C24H27Cl4N3O4S/c1-15(24(33)29-18-5-3-4-6-18)30(13-16-7-9-17(25)10-8-16)23(32)14-31(36(2,34)35)22-12-20(27)19(26)11-21(22)28/h7-12,15,18H,3-6,13-14H2,1-2H3,(H,29,33)/t15-/m1/s1. The lowest BCUT2D eigenvalue weighted by atomic mass is 10.1. The van der Waals surface area contributed by atoms with E-state index >= 15 is 0 Å². The van der Waals surface area contributed by atoms with E-state index in [1.165, 1.54) is 17.0 Å². The van der Waals surface area contributed by atoms with Gasteiger partial charge in [0.1, 0.15) is 12.6 Å². The molecule has 0 unspecified atom stereocenters. The van der Waals surface area contributed by atoms with Gasteiger partial charge in [0.15, 0.2) is 0 Å². The van der Waals surface area contributed by atoms with E-state index in [1.807, 2.05) is 0 Å². The Morgan fingerprint density at radius 3 is 2.17 bits per heavy atom. The zero-order chi connectivity index (χ0) is 26.6. The van der Waals surface area contributed by atoms with E-state index in [9.17, 15) is 18.0 Å². The van der Waals surface area contributed by atoms with E-state index in [0.29, 0.717) is 5.02 Å². The summed E-state index contributed by atoms with van der Waals surface area (Å²) in [6, 6.07) is 8.66. The average molecular weight is 595 g/mol. The zero-order valence-electron chi connectivity index (χ0n) is 19.8. The summed E-state index contributed by atoms with van der Waals surface area (Å²) in [5, 5.41) is 3.78. The fourth-order valence-corrected chi connectivity index (χ4v) is 5.73. The van der Waals surface area contributed by atoms with Crippen LogP contribution in [0.5, 0.6) is 0 Å². The SMILES string of the molecule is C[C@H](C(=O)NC1CCCC1)N(Cc1ccc(Cl)cc1)C(=O)CN(c1cc(Cl)c(Cl)cc1Cl)S(C)(=O)=O. The van der Waals surface area contributed by atoms with Crippen LogP contribution >= 0.6 is 46.4 Å². The highest BCUT2D eigenvalue weighted by Gasteiger charge is 2.32. The zero-order valence-corrected chi connectivity index (χ0v) is 23.6. The van der Waals surface area contributed by atoms with Crippen molar-refractivity contribution in [2.24, 2.45) is 0 Å². The van der Waals surface area contributed by atoms with Crippen LogP contribution in [0.3, 0.4) is 0 Å². The molecule has 1 fully saturated rings. The van der Waals surface area contributed by atoms with Crippen molar-refractivity contribution >= 4 is 73.9 Å². The minimum atomic E-state index is -3.96. The molecule has 36 heavy (non-hydrogen) atoms. The number of hydrogen-bond acceptors (Lipinski definition) is 4. The van der Waals surface area contributed by atoms with Crippen molar-refractivity contribution in [3.8, 4) is 0 Å². The van der Waals surface area contributed by atoms with Crippen molar-refractivity contribution in [2.75, 3.05) is 17.1 Å². The summed E-state index contributed by atoms with van der Waals surface area (Å²) in [6.45, 7) is 1.10. The predicted octanol–water partition coefficient (Wildman–Crippen LogP) is 5.54. The van der Waals surface area contributed by atoms with E-state index in [0.717, 1.165) is 41.8 Å². The quantitative estimate of drug-likeness (QED) is 0.386. The van der Waals surface area contributed by atoms with E-state index in [-0.39, 0.29) is 39.2 Å². The largest absolute Gasteiger partial charge is 0.352 e. The molecule has 0 heterocycles. The summed E-state index contributed by atoms with van der Waals surface area (Å²) in [5.41, 5.74) is 0.739. The molecule has 196 valence electrons. The number of hydrogen-bond donors (Lipinski definition) is 1. The summed E-state index contributed by atoms with van der Waals surface area (Å²) in [7, 11) is -3.96. The van der Waals surface area contributed by atoms with Gasteiger partial charge in [-0.15, -0.1) is 0 Å². The van der Waals surface area contributed by atoms with E-state index in [4.69, 9.17) is 46.4 Å². The van der Waals surface area contributed by atoms with Crippen LogP contribution in [0.1, 0.15) is 38.2 Å². The third-order valence-electron chi connectivity index (χ3n) is 6.07. The number of anilines is 1. The molecule has 1 atom stereocenters. The fraction of sp³-hybridized carbons (Fsp3) is 0.417. The molecule has 0 radical (unpaired) electrons. The van der Waals surface area contributed by atoms with E-state index < -0.39 is 28.5 Å². The molecule has 0 bridgehead atoms. The summed E-state index contributed by atoms with van der Waals surface area (Å²) >= 11 is 24.4. The maximum Gasteiger partial charge on any atom is 0.244 e. The van der Waals surface area contributed by atoms with Crippen LogP contribution in [0.2, 0.25) is 20.1 Å². The van der Waals surface area contributed by atoms with Crippen molar-refractivity contribution in [2.45, 2.75) is 51.2 Å². The Kier molecular flexibility index (Phi) is 9.80. The molecule has 0 aliphatic heterocycles. The topological polar surface area (TPSA) is 86.8 Å². The third kappa shape index (κ3) is 7.42. The number of sulfonamides is 1. The van der Waals surface area contributed by atoms with Crippen LogP contribution in [0.4, 0.5) is 5.69 Å². The lowest BCUT2D eigenvalue weighted by Gasteiger charge is -2.32. The first kappa shape index (κ1) is 28.9. The van der Waals surface area contributed by atoms with Crippen molar-refractivity contribution in [1.29, 1.82) is 0 Å². The van der Waals surface area contributed by atoms with Crippen LogP contribution in [-0.4, -0.2) is 50.0 Å². The Morgan fingerprint density at radius 2 is 1.58 bits per heavy atom. The maximum absolute atomic E-state index is 13.6. The summed E-state index contributed by atoms with van der Waals surface area (Å²) in [6.07, 6.45) is 4.82. The summed E-state index contributed by atoms with van der Waals surface area (Å²) in [4.78, 5) is 28.0. The predicted molar refractivity (Wildman–Crippen MR) is 146 cm³/mol. The molecule has 1 N–H and O–H groups in total. The van der Waals surface area contributed by atoms with Crippen LogP contribution in [0.25, 0.3) is 0 Å². The Bertz CT molecular complexity index is 1220. The molecule has 2 aromatic carbocycles. The number of halogens is 4. The molecule has 1 aliphatic carbocycles. The third-order valence-corrected chi connectivity index (χ3v) is 8.48. The average Bonchev–Trinajstić information content (AvgIpc) is 3.31. The molecular formula is C24H27Cl4N3O4S. The molecule has 1 saturated carbocycles. The number of carbonyl (C=O) groups excluding carboxylic acids is 2. The number of rotatable bonds is 9. The first-order valence-corrected chi connectivity index (χ1v) is 14.7. The van der Waals surface area contributed by atoms with Gasteiger partial charge in [0.05, 0.1) is 27.0 Å². The van der Waals surface area contributed by atoms with Gasteiger partial charge in [-0.05, 0) is 49.6 Å². The van der Waals surface area contributed by atoms with Gasteiger partial charge in [-0.3, -0.25) is 13.9 Å². The van der Waals surface area contributed by atoms with Crippen LogP contribution in [0, 0.1) is 0 Å². The van der Waals surface area contributed by atoms with Crippen molar-refractivity contribution in [3.63, 3.8) is 0 Å². The molecular weight excluding hydrogens is 568 g/mol. The molecule has 3 rings (SSSR count). The Labute approximate surface area is 231 Å². The van der Waals surface area contributed by atoms with Crippen LogP contribution in [0.15, 0.2) is 36.4 Å². The Morgan fingerprint density at radius 1 is 1.00 bits per heavy atom. The van der Waals surface area contributed by atoms with Gasteiger partial charge in [-0.1, -0.05) is 71.4 Å². The minimum Gasteiger partial charge on any atom is -0.352 e. The molecule has 0 aromatic heterocycles. The van der Waals surface area contributed by atoms with E-state index in [1.54, 1.807) is 31.2 Å². The summed E-state index contributed by atoms with van der Waals surface area (Å²) < 4.78 is 26.2. The van der Waals surface area contributed by atoms with Crippen molar-refractivity contribution in [1.82, 2.24) is 10.2 Å². The van der Waals surface area contributed by atoms with E-state index in [2.05, 4.69) is 5.32 Å². The maximum atomic E-state index is 13.6. The molecule has 2 amide bonds.